The summed E-state index contributed by atoms with van der Waals surface area (Å²) < 4.78 is 5.81. The summed E-state index contributed by atoms with van der Waals surface area (Å²) >= 11 is 12.2. The quantitative estimate of drug-likeness (QED) is 0.912. The summed E-state index contributed by atoms with van der Waals surface area (Å²) in [5.74, 6) is 1.01. The molecule has 0 radical (unpaired) electrons. The highest BCUT2D eigenvalue weighted by Crippen LogP contribution is 2.41. The zero-order valence-electron chi connectivity index (χ0n) is 10.7. The van der Waals surface area contributed by atoms with Crippen molar-refractivity contribution in [2.24, 2.45) is 11.7 Å². The van der Waals surface area contributed by atoms with Crippen LogP contribution in [0.15, 0.2) is 12.1 Å². The molecule has 2 atom stereocenters. The second-order valence-corrected chi connectivity index (χ2v) is 6.25. The molecule has 0 aromatic heterocycles. The molecule has 3 nitrogen and oxygen atoms in total. The van der Waals surface area contributed by atoms with Crippen LogP contribution in [0.4, 0.5) is 0 Å². The number of benzene rings is 1. The van der Waals surface area contributed by atoms with Crippen molar-refractivity contribution in [2.75, 3.05) is 26.2 Å². The summed E-state index contributed by atoms with van der Waals surface area (Å²) in [6.07, 6.45) is 2.58. The molecular weight excluding hydrogens is 283 g/mol. The lowest BCUT2D eigenvalue weighted by Gasteiger charge is -2.34. The summed E-state index contributed by atoms with van der Waals surface area (Å²) in [6, 6.07) is 3.53. The van der Waals surface area contributed by atoms with Gasteiger partial charge in [0.05, 0.1) is 11.6 Å². The van der Waals surface area contributed by atoms with Gasteiger partial charge in [-0.2, -0.15) is 0 Å². The molecule has 0 spiro atoms. The van der Waals surface area contributed by atoms with E-state index in [0.29, 0.717) is 28.3 Å². The van der Waals surface area contributed by atoms with Crippen molar-refractivity contribution in [1.82, 2.24) is 4.90 Å². The molecule has 2 aliphatic rings. The Morgan fingerprint density at radius 3 is 2.74 bits per heavy atom. The third-order valence-electron chi connectivity index (χ3n) is 4.04. The van der Waals surface area contributed by atoms with Gasteiger partial charge in [0, 0.05) is 29.1 Å². The number of hydrogen-bond donors (Lipinski definition) is 1. The number of nitrogens with zero attached hydrogens (tertiary/aromatic N) is 1. The van der Waals surface area contributed by atoms with Gasteiger partial charge in [-0.3, -0.25) is 0 Å². The lowest BCUT2D eigenvalue weighted by Crippen LogP contribution is -2.39. The molecule has 1 aromatic rings. The van der Waals surface area contributed by atoms with Crippen LogP contribution in [0.25, 0.3) is 0 Å². The van der Waals surface area contributed by atoms with E-state index in [1.807, 2.05) is 6.07 Å². The highest BCUT2D eigenvalue weighted by atomic mass is 35.5. The minimum absolute atomic E-state index is 0.0550. The van der Waals surface area contributed by atoms with Gasteiger partial charge >= 0.3 is 0 Å². The smallest absolute Gasteiger partial charge is 0.142 e. The molecule has 2 N–H and O–H groups in total. The van der Waals surface area contributed by atoms with Gasteiger partial charge in [-0.1, -0.05) is 23.2 Å². The van der Waals surface area contributed by atoms with Gasteiger partial charge in [-0.05, 0) is 38.1 Å². The van der Waals surface area contributed by atoms with Crippen molar-refractivity contribution in [2.45, 2.75) is 18.9 Å². The molecule has 2 unspecified atom stereocenters. The maximum absolute atomic E-state index is 6.38. The van der Waals surface area contributed by atoms with Crippen molar-refractivity contribution in [3.63, 3.8) is 0 Å². The van der Waals surface area contributed by atoms with E-state index in [9.17, 15) is 0 Å². The van der Waals surface area contributed by atoms with Gasteiger partial charge in [-0.15, -0.1) is 0 Å². The Morgan fingerprint density at radius 2 is 2.00 bits per heavy atom. The largest absolute Gasteiger partial charge is 0.491 e. The minimum atomic E-state index is -0.0550. The van der Waals surface area contributed by atoms with Crippen LogP contribution in [-0.4, -0.2) is 31.1 Å². The van der Waals surface area contributed by atoms with Crippen molar-refractivity contribution in [3.8, 4) is 5.75 Å². The molecule has 1 fully saturated rings. The van der Waals surface area contributed by atoms with E-state index in [1.165, 1.54) is 25.9 Å². The van der Waals surface area contributed by atoms with Gasteiger partial charge in [0.1, 0.15) is 5.75 Å². The average molecular weight is 301 g/mol. The Labute approximate surface area is 123 Å². The first-order valence-corrected chi connectivity index (χ1v) is 7.50. The maximum Gasteiger partial charge on any atom is 0.142 e. The predicted molar refractivity (Wildman–Crippen MR) is 78.0 cm³/mol. The number of hydrogen-bond acceptors (Lipinski definition) is 3. The summed E-state index contributed by atoms with van der Waals surface area (Å²) in [5.41, 5.74) is 7.32. The molecule has 1 saturated heterocycles. The Morgan fingerprint density at radius 1 is 1.26 bits per heavy atom. The third kappa shape index (κ3) is 2.70. The summed E-state index contributed by atoms with van der Waals surface area (Å²) in [6.45, 7) is 3.97. The van der Waals surface area contributed by atoms with E-state index in [4.69, 9.17) is 33.7 Å². The molecule has 0 saturated carbocycles. The maximum atomic E-state index is 6.38. The molecule has 0 bridgehead atoms. The SMILES string of the molecule is NC1c2cc(Cl)cc(Cl)c2OCC1CN1CCCC1. The fourth-order valence-electron chi connectivity index (χ4n) is 2.99. The van der Waals surface area contributed by atoms with Crippen LogP contribution in [-0.2, 0) is 0 Å². The fourth-order valence-corrected chi connectivity index (χ4v) is 3.55. The van der Waals surface area contributed by atoms with Gasteiger partial charge in [-0.25, -0.2) is 0 Å². The Kier molecular flexibility index (Phi) is 3.90. The van der Waals surface area contributed by atoms with Crippen LogP contribution in [0.2, 0.25) is 10.0 Å². The standard InChI is InChI=1S/C14H18Cl2N2O/c15-10-5-11-13(17)9(7-18-3-1-2-4-18)8-19-14(11)12(16)6-10/h5-6,9,13H,1-4,7-8,17H2. The molecule has 2 aliphatic heterocycles. The molecule has 5 heteroatoms. The Balaban J connectivity index is 1.80. The zero-order chi connectivity index (χ0) is 13.4. The zero-order valence-corrected chi connectivity index (χ0v) is 12.3. The van der Waals surface area contributed by atoms with Crippen LogP contribution in [0, 0.1) is 5.92 Å². The Hall–Kier alpha value is -0.480. The van der Waals surface area contributed by atoms with Crippen LogP contribution in [0.3, 0.4) is 0 Å². The molecule has 0 amide bonds. The highest BCUT2D eigenvalue weighted by Gasteiger charge is 2.31. The summed E-state index contributed by atoms with van der Waals surface area (Å²) in [5, 5.41) is 1.17. The van der Waals surface area contributed by atoms with E-state index >= 15 is 0 Å². The number of nitrogens with two attached hydrogens (primary N) is 1. The third-order valence-corrected chi connectivity index (χ3v) is 4.54. The first kappa shape index (κ1) is 13.5. The number of likely N-dealkylation sites (tertiary alicyclic amines) is 1. The van der Waals surface area contributed by atoms with Crippen molar-refractivity contribution >= 4 is 23.2 Å². The molecule has 2 heterocycles. The number of rotatable bonds is 2. The van der Waals surface area contributed by atoms with E-state index in [2.05, 4.69) is 4.90 Å². The van der Waals surface area contributed by atoms with E-state index in [0.717, 1.165) is 12.1 Å². The van der Waals surface area contributed by atoms with Crippen LogP contribution < -0.4 is 10.5 Å². The van der Waals surface area contributed by atoms with E-state index in [1.54, 1.807) is 6.07 Å². The normalized spacial score (nSPS) is 27.1. The van der Waals surface area contributed by atoms with Crippen LogP contribution in [0.5, 0.6) is 5.75 Å². The molecule has 0 aliphatic carbocycles. The van der Waals surface area contributed by atoms with Gasteiger partial charge < -0.3 is 15.4 Å². The van der Waals surface area contributed by atoms with Gasteiger partial charge in [0.15, 0.2) is 0 Å². The minimum Gasteiger partial charge on any atom is -0.491 e. The van der Waals surface area contributed by atoms with Crippen molar-refractivity contribution < 1.29 is 4.74 Å². The molecule has 1 aromatic carbocycles. The lowest BCUT2D eigenvalue weighted by atomic mass is 9.91. The average Bonchev–Trinajstić information content (AvgIpc) is 2.86. The Bertz CT molecular complexity index is 475. The second kappa shape index (κ2) is 5.49. The van der Waals surface area contributed by atoms with E-state index < -0.39 is 0 Å². The second-order valence-electron chi connectivity index (χ2n) is 5.41. The monoisotopic (exact) mass is 300 g/mol. The fraction of sp³-hybridized carbons (Fsp3) is 0.571. The number of fused-ring (bicyclic) bond motifs is 1. The summed E-state index contributed by atoms with van der Waals surface area (Å²) in [7, 11) is 0. The molecular formula is C14H18Cl2N2O. The lowest BCUT2D eigenvalue weighted by molar-refractivity contribution is 0.151. The van der Waals surface area contributed by atoms with Crippen molar-refractivity contribution in [1.29, 1.82) is 0 Å². The summed E-state index contributed by atoms with van der Waals surface area (Å²) in [4.78, 5) is 2.46. The molecule has 3 rings (SSSR count). The highest BCUT2D eigenvalue weighted by molar-refractivity contribution is 6.35. The number of halogens is 2. The van der Waals surface area contributed by atoms with Crippen LogP contribution in [0.1, 0.15) is 24.4 Å². The topological polar surface area (TPSA) is 38.5 Å². The van der Waals surface area contributed by atoms with Gasteiger partial charge in [0.2, 0.25) is 0 Å². The van der Waals surface area contributed by atoms with Crippen LogP contribution >= 0.6 is 23.2 Å². The van der Waals surface area contributed by atoms with Gasteiger partial charge in [0.25, 0.3) is 0 Å². The first-order chi connectivity index (χ1) is 9.15. The molecule has 19 heavy (non-hydrogen) atoms. The van der Waals surface area contributed by atoms with E-state index in [-0.39, 0.29) is 6.04 Å². The molecule has 104 valence electrons. The number of ether oxygens (including phenoxy) is 1. The predicted octanol–water partition coefficient (Wildman–Crippen LogP) is 3.10. The van der Waals surface area contributed by atoms with Crippen molar-refractivity contribution in [3.05, 3.63) is 27.7 Å². The first-order valence-electron chi connectivity index (χ1n) is 6.75.